The number of hydrogen-bond acceptors (Lipinski definition) is 5. The third-order valence-corrected chi connectivity index (χ3v) is 2.57. The first-order valence-electron chi connectivity index (χ1n) is 4.82. The van der Waals surface area contributed by atoms with Gasteiger partial charge in [-0.05, 0) is 7.05 Å². The van der Waals surface area contributed by atoms with E-state index in [4.69, 9.17) is 5.73 Å². The largest absolute Gasteiger partial charge is 0.380 e. The van der Waals surface area contributed by atoms with Crippen LogP contribution in [0.5, 0.6) is 0 Å². The van der Waals surface area contributed by atoms with Gasteiger partial charge in [-0.15, -0.1) is 10.2 Å². The van der Waals surface area contributed by atoms with Gasteiger partial charge >= 0.3 is 0 Å². The van der Waals surface area contributed by atoms with E-state index >= 15 is 0 Å². The van der Waals surface area contributed by atoms with E-state index in [0.29, 0.717) is 13.1 Å². The molecule has 1 aromatic rings. The van der Waals surface area contributed by atoms with Crippen molar-refractivity contribution in [2.24, 2.45) is 0 Å². The average molecular weight is 210 g/mol. The monoisotopic (exact) mass is 210 g/mol. The lowest BCUT2D eigenvalue weighted by Crippen LogP contribution is -2.47. The quantitative estimate of drug-likeness (QED) is 0.606. The van der Waals surface area contributed by atoms with Crippen LogP contribution in [0.3, 0.4) is 0 Å². The molecule has 1 aliphatic heterocycles. The molecule has 15 heavy (non-hydrogen) atoms. The van der Waals surface area contributed by atoms with Crippen molar-refractivity contribution >= 4 is 11.7 Å². The Balaban J connectivity index is 2.06. The van der Waals surface area contributed by atoms with Crippen molar-refractivity contribution in [1.29, 1.82) is 0 Å². The molecule has 1 aromatic heterocycles. The molecule has 3 N–H and O–H groups in total. The van der Waals surface area contributed by atoms with Crippen LogP contribution in [0, 0.1) is 0 Å². The summed E-state index contributed by atoms with van der Waals surface area (Å²) in [4.78, 5) is 15.8. The zero-order valence-corrected chi connectivity index (χ0v) is 8.60. The van der Waals surface area contributed by atoms with E-state index in [2.05, 4.69) is 20.3 Å². The highest BCUT2D eigenvalue weighted by atomic mass is 16.2. The first-order valence-corrected chi connectivity index (χ1v) is 4.82. The first kappa shape index (κ1) is 9.91. The maximum atomic E-state index is 11.9. The summed E-state index contributed by atoms with van der Waals surface area (Å²) in [5, 5.41) is 9.72. The second-order valence-electron chi connectivity index (χ2n) is 3.65. The fourth-order valence-electron chi connectivity index (χ4n) is 1.56. The zero-order valence-electron chi connectivity index (χ0n) is 8.60. The highest BCUT2D eigenvalue weighted by Crippen LogP contribution is 2.09. The molecule has 0 bridgehead atoms. The lowest BCUT2D eigenvalue weighted by Gasteiger charge is -2.31. The molecule has 0 unspecified atom stereocenters. The van der Waals surface area contributed by atoms with Gasteiger partial charge in [0.2, 0.25) is 0 Å². The standard InChI is InChI=1S/C8H14N6O/c1-13-2-4-14(5-3-13)8(15)6-7(9)11-12-10-6/h2-5H2,1H3,(H3,9,10,11,12). The second-order valence-corrected chi connectivity index (χ2v) is 3.65. The molecule has 0 atom stereocenters. The number of nitrogens with one attached hydrogen (secondary N) is 1. The molecule has 0 aromatic carbocycles. The molecular formula is C8H14N6O. The van der Waals surface area contributed by atoms with Gasteiger partial charge in [-0.2, -0.15) is 5.21 Å². The van der Waals surface area contributed by atoms with Gasteiger partial charge in [0.05, 0.1) is 0 Å². The molecule has 2 heterocycles. The van der Waals surface area contributed by atoms with Crippen LogP contribution >= 0.6 is 0 Å². The van der Waals surface area contributed by atoms with Crippen molar-refractivity contribution in [1.82, 2.24) is 25.2 Å². The van der Waals surface area contributed by atoms with Crippen molar-refractivity contribution < 1.29 is 4.79 Å². The number of amides is 1. The number of carbonyl (C=O) groups excluding carboxylic acids is 1. The molecule has 1 aliphatic rings. The molecule has 0 aliphatic carbocycles. The van der Waals surface area contributed by atoms with Crippen LogP contribution in [0.1, 0.15) is 10.5 Å². The number of H-pyrrole nitrogens is 1. The first-order chi connectivity index (χ1) is 7.18. The third kappa shape index (κ3) is 1.91. The van der Waals surface area contributed by atoms with Gasteiger partial charge in [-0.25, -0.2) is 0 Å². The number of hydrogen-bond donors (Lipinski definition) is 2. The van der Waals surface area contributed by atoms with E-state index < -0.39 is 0 Å². The molecule has 0 saturated carbocycles. The van der Waals surface area contributed by atoms with Crippen LogP contribution in [0.2, 0.25) is 0 Å². The lowest BCUT2D eigenvalue weighted by molar-refractivity contribution is 0.0659. The number of nitrogen functional groups attached to an aromatic ring is 1. The van der Waals surface area contributed by atoms with Crippen LogP contribution < -0.4 is 5.73 Å². The number of aromatic nitrogens is 3. The maximum absolute atomic E-state index is 11.9. The highest BCUT2D eigenvalue weighted by molar-refractivity contribution is 5.96. The Morgan fingerprint density at radius 3 is 2.53 bits per heavy atom. The average Bonchev–Trinajstić information content (AvgIpc) is 2.65. The normalized spacial score (nSPS) is 18.1. The topological polar surface area (TPSA) is 91.1 Å². The molecule has 1 amide bonds. The van der Waals surface area contributed by atoms with Crippen LogP contribution in [0.15, 0.2) is 0 Å². The predicted molar refractivity (Wildman–Crippen MR) is 54.2 cm³/mol. The molecule has 7 nitrogen and oxygen atoms in total. The SMILES string of the molecule is CN1CCN(C(=O)c2n[nH]nc2N)CC1. The summed E-state index contributed by atoms with van der Waals surface area (Å²) < 4.78 is 0. The van der Waals surface area contributed by atoms with E-state index in [1.54, 1.807) is 4.90 Å². The fourth-order valence-corrected chi connectivity index (χ4v) is 1.56. The van der Waals surface area contributed by atoms with E-state index in [0.717, 1.165) is 13.1 Å². The van der Waals surface area contributed by atoms with Crippen LogP contribution in [0.25, 0.3) is 0 Å². The summed E-state index contributed by atoms with van der Waals surface area (Å²) in [6.07, 6.45) is 0. The second kappa shape index (κ2) is 3.85. The van der Waals surface area contributed by atoms with Gasteiger partial charge in [-0.3, -0.25) is 4.79 Å². The summed E-state index contributed by atoms with van der Waals surface area (Å²) in [5.41, 5.74) is 5.73. The van der Waals surface area contributed by atoms with Crippen molar-refractivity contribution in [2.45, 2.75) is 0 Å². The van der Waals surface area contributed by atoms with Crippen molar-refractivity contribution in [3.8, 4) is 0 Å². The van der Waals surface area contributed by atoms with E-state index in [1.165, 1.54) is 0 Å². The van der Waals surface area contributed by atoms with E-state index in [-0.39, 0.29) is 17.4 Å². The molecule has 82 valence electrons. The van der Waals surface area contributed by atoms with Gasteiger partial charge in [0.15, 0.2) is 11.5 Å². The minimum atomic E-state index is -0.144. The molecule has 0 spiro atoms. The zero-order chi connectivity index (χ0) is 10.8. The Bertz CT molecular complexity index is 354. The number of anilines is 1. The fraction of sp³-hybridized carbons (Fsp3) is 0.625. The molecular weight excluding hydrogens is 196 g/mol. The predicted octanol–water partition coefficient (Wildman–Crippen LogP) is -1.23. The summed E-state index contributed by atoms with van der Waals surface area (Å²) >= 11 is 0. The van der Waals surface area contributed by atoms with Crippen LogP contribution in [-0.2, 0) is 0 Å². The number of nitrogens with two attached hydrogens (primary N) is 1. The highest BCUT2D eigenvalue weighted by Gasteiger charge is 2.24. The number of carbonyl (C=O) groups is 1. The van der Waals surface area contributed by atoms with E-state index in [1.807, 2.05) is 7.05 Å². The summed E-state index contributed by atoms with van der Waals surface area (Å²) in [5.74, 6) is 0.0216. The van der Waals surface area contributed by atoms with Crippen molar-refractivity contribution in [3.63, 3.8) is 0 Å². The summed E-state index contributed by atoms with van der Waals surface area (Å²) in [7, 11) is 2.03. The number of aromatic amines is 1. The van der Waals surface area contributed by atoms with E-state index in [9.17, 15) is 4.79 Å². The number of rotatable bonds is 1. The minimum absolute atomic E-state index is 0.144. The number of likely N-dealkylation sites (N-methyl/N-ethyl adjacent to an activating group) is 1. The van der Waals surface area contributed by atoms with Gasteiger partial charge in [0.1, 0.15) is 0 Å². The van der Waals surface area contributed by atoms with Gasteiger partial charge in [0.25, 0.3) is 5.91 Å². The summed E-state index contributed by atoms with van der Waals surface area (Å²) in [6.45, 7) is 3.18. The number of piperazine rings is 1. The molecule has 1 saturated heterocycles. The summed E-state index contributed by atoms with van der Waals surface area (Å²) in [6, 6.07) is 0. The van der Waals surface area contributed by atoms with Gasteiger partial charge in [0, 0.05) is 26.2 Å². The Morgan fingerprint density at radius 1 is 1.33 bits per heavy atom. The maximum Gasteiger partial charge on any atom is 0.278 e. The Kier molecular flexibility index (Phi) is 2.55. The number of nitrogens with zero attached hydrogens (tertiary/aromatic N) is 4. The molecule has 2 rings (SSSR count). The molecule has 1 fully saturated rings. The van der Waals surface area contributed by atoms with Gasteiger partial charge < -0.3 is 15.5 Å². The smallest absolute Gasteiger partial charge is 0.278 e. The van der Waals surface area contributed by atoms with Crippen molar-refractivity contribution in [3.05, 3.63) is 5.69 Å². The molecule has 0 radical (unpaired) electrons. The molecule has 7 heteroatoms. The van der Waals surface area contributed by atoms with Gasteiger partial charge in [-0.1, -0.05) is 0 Å². The Hall–Kier alpha value is -1.63. The third-order valence-electron chi connectivity index (χ3n) is 2.57. The van der Waals surface area contributed by atoms with Crippen molar-refractivity contribution in [2.75, 3.05) is 39.0 Å². The Labute approximate surface area is 87.2 Å². The van der Waals surface area contributed by atoms with Crippen LogP contribution in [0.4, 0.5) is 5.82 Å². The minimum Gasteiger partial charge on any atom is -0.380 e. The lowest BCUT2D eigenvalue weighted by atomic mass is 10.3. The van der Waals surface area contributed by atoms with Crippen LogP contribution in [-0.4, -0.2) is 64.3 Å². The Morgan fingerprint density at radius 2 is 2.00 bits per heavy atom.